The number of H-pyrrole nitrogens is 1. The van der Waals surface area contributed by atoms with E-state index in [0.717, 1.165) is 0 Å². The Morgan fingerprint density at radius 2 is 1.55 bits per heavy atom. The predicted molar refractivity (Wildman–Crippen MR) is 135 cm³/mol. The third kappa shape index (κ3) is 1.77. The van der Waals surface area contributed by atoms with Crippen LogP contribution in [0.5, 0.6) is 0 Å². The largest absolute Gasteiger partial charge is 0.354 e. The Morgan fingerprint density at radius 1 is 0.710 bits per heavy atom. The number of thiophene rings is 1. The van der Waals surface area contributed by atoms with Gasteiger partial charge in [0, 0.05) is 41.9 Å². The summed E-state index contributed by atoms with van der Waals surface area (Å²) in [6.45, 7) is 4.73. The molecule has 1 N–H and O–H groups in total. The summed E-state index contributed by atoms with van der Waals surface area (Å²) in [4.78, 5) is 3.88. The highest BCUT2D eigenvalue weighted by molar-refractivity contribution is 7.26. The zero-order chi connectivity index (χ0) is 20.5. The van der Waals surface area contributed by atoms with E-state index in [1.54, 1.807) is 0 Å². The van der Waals surface area contributed by atoms with Crippen molar-refractivity contribution in [1.82, 2.24) is 4.98 Å². The molecule has 31 heavy (non-hydrogen) atoms. The lowest BCUT2D eigenvalue weighted by molar-refractivity contribution is 0.661. The van der Waals surface area contributed by atoms with Gasteiger partial charge in [-0.25, -0.2) is 0 Å². The second-order valence-electron chi connectivity index (χ2n) is 9.45. The van der Waals surface area contributed by atoms with Crippen molar-refractivity contribution in [2.24, 2.45) is 0 Å². The van der Waals surface area contributed by atoms with Gasteiger partial charge in [-0.05, 0) is 51.2 Å². The molecule has 0 spiro atoms. The van der Waals surface area contributed by atoms with Gasteiger partial charge in [0.05, 0.1) is 5.52 Å². The van der Waals surface area contributed by atoms with Gasteiger partial charge in [-0.3, -0.25) is 0 Å². The second kappa shape index (κ2) is 5.09. The monoisotopic (exact) mass is 413 g/mol. The minimum atomic E-state index is 0.00638. The van der Waals surface area contributed by atoms with Crippen molar-refractivity contribution in [2.75, 3.05) is 0 Å². The van der Waals surface area contributed by atoms with Crippen LogP contribution in [0, 0.1) is 0 Å². The Morgan fingerprint density at radius 3 is 2.48 bits per heavy atom. The van der Waals surface area contributed by atoms with Crippen LogP contribution in [0.2, 0.25) is 0 Å². The maximum absolute atomic E-state index is 3.88. The first kappa shape index (κ1) is 16.3. The molecule has 0 saturated heterocycles. The number of hydrogen-bond acceptors (Lipinski definition) is 1. The Balaban J connectivity index is 1.64. The summed E-state index contributed by atoms with van der Waals surface area (Å²) in [7, 11) is 0. The van der Waals surface area contributed by atoms with Crippen LogP contribution in [-0.4, -0.2) is 4.98 Å². The molecule has 2 heterocycles. The molecule has 146 valence electrons. The minimum Gasteiger partial charge on any atom is -0.354 e. The SMILES string of the molecule is CC1(C)c2ccccc2-c2c1cc1[nH]c3c4c(cc5ccc2c1c53)sc1ccccc14. The molecule has 0 bridgehead atoms. The lowest BCUT2D eigenvalue weighted by Crippen LogP contribution is -2.14. The Hall–Kier alpha value is -3.36. The molecule has 1 aliphatic rings. The van der Waals surface area contributed by atoms with Gasteiger partial charge < -0.3 is 4.98 Å². The summed E-state index contributed by atoms with van der Waals surface area (Å²) in [5.74, 6) is 0. The van der Waals surface area contributed by atoms with Gasteiger partial charge >= 0.3 is 0 Å². The average molecular weight is 414 g/mol. The van der Waals surface area contributed by atoms with E-state index in [9.17, 15) is 0 Å². The third-order valence-corrected chi connectivity index (χ3v) is 8.66. The predicted octanol–water partition coefficient (Wildman–Crippen LogP) is 8.59. The number of rotatable bonds is 0. The highest BCUT2D eigenvalue weighted by atomic mass is 32.1. The second-order valence-corrected chi connectivity index (χ2v) is 10.5. The molecule has 0 saturated carbocycles. The zero-order valence-corrected chi connectivity index (χ0v) is 18.2. The highest BCUT2D eigenvalue weighted by Crippen LogP contribution is 2.54. The molecule has 7 aromatic rings. The third-order valence-electron chi connectivity index (χ3n) is 7.55. The molecule has 1 nitrogen and oxygen atoms in total. The first-order valence-corrected chi connectivity index (χ1v) is 11.7. The van der Waals surface area contributed by atoms with Crippen molar-refractivity contribution in [3.05, 3.63) is 83.9 Å². The lowest BCUT2D eigenvalue weighted by atomic mass is 9.82. The van der Waals surface area contributed by atoms with Gasteiger partial charge in [-0.2, -0.15) is 0 Å². The van der Waals surface area contributed by atoms with Gasteiger partial charge in [0.1, 0.15) is 0 Å². The Labute approximate surface area is 183 Å². The topological polar surface area (TPSA) is 15.8 Å². The van der Waals surface area contributed by atoms with E-state index in [1.807, 2.05) is 11.3 Å². The smallest absolute Gasteiger partial charge is 0.0565 e. The van der Waals surface area contributed by atoms with Crippen LogP contribution in [0.15, 0.2) is 72.8 Å². The van der Waals surface area contributed by atoms with Gasteiger partial charge in [-0.1, -0.05) is 68.4 Å². The molecule has 0 fully saturated rings. The van der Waals surface area contributed by atoms with Crippen molar-refractivity contribution in [1.29, 1.82) is 0 Å². The molecule has 8 rings (SSSR count). The van der Waals surface area contributed by atoms with E-state index in [-0.39, 0.29) is 5.41 Å². The summed E-state index contributed by atoms with van der Waals surface area (Å²) in [5.41, 5.74) is 8.24. The van der Waals surface area contributed by atoms with Crippen LogP contribution in [-0.2, 0) is 5.41 Å². The number of aromatic nitrogens is 1. The number of aromatic amines is 1. The molecule has 0 radical (unpaired) electrons. The molecule has 2 heteroatoms. The molecular formula is C29H19NS. The van der Waals surface area contributed by atoms with Crippen LogP contribution >= 0.6 is 11.3 Å². The van der Waals surface area contributed by atoms with E-state index in [2.05, 4.69) is 91.6 Å². The minimum absolute atomic E-state index is 0.00638. The average Bonchev–Trinajstić information content (AvgIpc) is 3.41. The fourth-order valence-corrected chi connectivity index (χ4v) is 7.32. The van der Waals surface area contributed by atoms with Crippen LogP contribution in [0.4, 0.5) is 0 Å². The van der Waals surface area contributed by atoms with E-state index >= 15 is 0 Å². The summed E-state index contributed by atoms with van der Waals surface area (Å²) in [6.07, 6.45) is 0. The number of fused-ring (bicyclic) bond motifs is 8. The van der Waals surface area contributed by atoms with Gasteiger partial charge in [0.15, 0.2) is 0 Å². The van der Waals surface area contributed by atoms with E-state index in [0.29, 0.717) is 0 Å². The first-order chi connectivity index (χ1) is 15.1. The Kier molecular flexibility index (Phi) is 2.69. The number of hydrogen-bond donors (Lipinski definition) is 1. The molecule has 1 aliphatic carbocycles. The molecule has 2 aromatic heterocycles. The molecule has 0 atom stereocenters. The van der Waals surface area contributed by atoms with Gasteiger partial charge in [0.2, 0.25) is 0 Å². The van der Waals surface area contributed by atoms with E-state index in [1.165, 1.54) is 75.0 Å². The van der Waals surface area contributed by atoms with Gasteiger partial charge in [-0.15, -0.1) is 11.3 Å². The van der Waals surface area contributed by atoms with Crippen LogP contribution in [0.1, 0.15) is 25.0 Å². The first-order valence-electron chi connectivity index (χ1n) is 10.9. The summed E-state index contributed by atoms with van der Waals surface area (Å²) >= 11 is 1.90. The molecule has 5 aromatic carbocycles. The van der Waals surface area contributed by atoms with Crippen molar-refractivity contribution >= 4 is 64.1 Å². The maximum Gasteiger partial charge on any atom is 0.0565 e. The molecule has 0 amide bonds. The van der Waals surface area contributed by atoms with E-state index in [4.69, 9.17) is 0 Å². The summed E-state index contributed by atoms with van der Waals surface area (Å²) in [5, 5.41) is 8.21. The van der Waals surface area contributed by atoms with Crippen LogP contribution in [0.25, 0.3) is 63.9 Å². The highest BCUT2D eigenvalue weighted by Gasteiger charge is 2.37. The molecule has 0 unspecified atom stereocenters. The Bertz CT molecular complexity index is 1860. The lowest BCUT2D eigenvalue weighted by Gasteiger charge is -2.21. The quantitative estimate of drug-likeness (QED) is 0.240. The standard InChI is InChI=1S/C29H19NS/c1-29(2)19-9-5-3-7-16(19)25-18-12-11-15-13-23-27(17-8-4-6-10-22(17)31-23)28-24(15)26(18)21(30-28)14-20(25)29/h3-14,30H,1-2H3. The van der Waals surface area contributed by atoms with E-state index < -0.39 is 0 Å². The summed E-state index contributed by atoms with van der Waals surface area (Å²) in [6, 6.07) is 27.2. The number of benzene rings is 5. The van der Waals surface area contributed by atoms with Gasteiger partial charge in [0.25, 0.3) is 0 Å². The van der Waals surface area contributed by atoms with Crippen molar-refractivity contribution in [3.63, 3.8) is 0 Å². The van der Waals surface area contributed by atoms with Crippen molar-refractivity contribution in [2.45, 2.75) is 19.3 Å². The van der Waals surface area contributed by atoms with Crippen LogP contribution < -0.4 is 0 Å². The normalized spacial score (nSPS) is 15.0. The molecular weight excluding hydrogens is 394 g/mol. The zero-order valence-electron chi connectivity index (χ0n) is 17.3. The maximum atomic E-state index is 3.88. The fourth-order valence-electron chi connectivity index (χ4n) is 6.15. The number of nitrogens with one attached hydrogen (secondary N) is 1. The summed E-state index contributed by atoms with van der Waals surface area (Å²) < 4.78 is 2.72. The van der Waals surface area contributed by atoms with Crippen molar-refractivity contribution in [3.8, 4) is 11.1 Å². The molecule has 0 aliphatic heterocycles. The van der Waals surface area contributed by atoms with Crippen molar-refractivity contribution < 1.29 is 0 Å². The fraction of sp³-hybridized carbons (Fsp3) is 0.103. The van der Waals surface area contributed by atoms with Crippen LogP contribution in [0.3, 0.4) is 0 Å².